The Kier molecular flexibility index (Phi) is 9.58. The number of nitrogens with one attached hydrogen (secondary N) is 1. The number of carbonyl (C=O) groups is 1. The van der Waals surface area contributed by atoms with Gasteiger partial charge in [-0.25, -0.2) is 4.98 Å². The molecule has 1 rings (SSSR count). The van der Waals surface area contributed by atoms with Crippen LogP contribution < -0.4 is 11.1 Å². The molecule has 1 unspecified atom stereocenters. The van der Waals surface area contributed by atoms with Crippen LogP contribution in [0.25, 0.3) is 0 Å². The molecule has 0 saturated carbocycles. The van der Waals surface area contributed by atoms with E-state index in [0.717, 1.165) is 9.88 Å². The summed E-state index contributed by atoms with van der Waals surface area (Å²) in [7, 11) is 1.52. The number of methoxy groups -OCH3 is 1. The van der Waals surface area contributed by atoms with Crippen molar-refractivity contribution in [3.63, 3.8) is 0 Å². The first-order chi connectivity index (χ1) is 7.86. The average molecular weight is 330 g/mol. The van der Waals surface area contributed by atoms with Crippen LogP contribution >= 0.6 is 36.2 Å². The zero-order valence-electron chi connectivity index (χ0n) is 11.4. The molecule has 1 amide bonds. The van der Waals surface area contributed by atoms with Crippen molar-refractivity contribution in [2.75, 3.05) is 13.7 Å². The van der Waals surface area contributed by atoms with Gasteiger partial charge in [0.05, 0.1) is 12.1 Å². The van der Waals surface area contributed by atoms with E-state index in [0.29, 0.717) is 0 Å². The van der Waals surface area contributed by atoms with E-state index < -0.39 is 11.6 Å². The van der Waals surface area contributed by atoms with Gasteiger partial charge < -0.3 is 15.8 Å². The third-order valence-electron chi connectivity index (χ3n) is 2.27. The largest absolute Gasteiger partial charge is 0.383 e. The summed E-state index contributed by atoms with van der Waals surface area (Å²) in [6.07, 6.45) is 1.79. The van der Waals surface area contributed by atoms with E-state index in [1.807, 2.05) is 20.8 Å². The summed E-state index contributed by atoms with van der Waals surface area (Å²) in [4.78, 5) is 17.2. The van der Waals surface area contributed by atoms with Crippen LogP contribution in [0.2, 0.25) is 0 Å². The molecule has 1 atom stereocenters. The first-order valence-corrected chi connectivity index (χ1v) is 6.18. The molecule has 0 bridgehead atoms. The highest BCUT2D eigenvalue weighted by atomic mass is 35.5. The predicted molar refractivity (Wildman–Crippen MR) is 82.4 cm³/mol. The number of nitrogens with two attached hydrogens (primary N) is 1. The fourth-order valence-electron chi connectivity index (χ4n) is 1.35. The molecule has 0 spiro atoms. The summed E-state index contributed by atoms with van der Waals surface area (Å²) in [6.45, 7) is 6.00. The molecular formula is C11H21Cl2N3O2S. The van der Waals surface area contributed by atoms with Crippen LogP contribution in [0.15, 0.2) is 6.20 Å². The molecule has 8 heteroatoms. The molecule has 0 aromatic carbocycles. The Morgan fingerprint density at radius 2 is 2.16 bits per heavy atom. The van der Waals surface area contributed by atoms with Gasteiger partial charge in [-0.3, -0.25) is 4.79 Å². The molecule has 112 valence electrons. The van der Waals surface area contributed by atoms with Crippen molar-refractivity contribution in [3.8, 4) is 0 Å². The molecule has 0 aliphatic carbocycles. The molecule has 1 aromatic rings. The van der Waals surface area contributed by atoms with Gasteiger partial charge in [-0.15, -0.1) is 36.2 Å². The van der Waals surface area contributed by atoms with E-state index in [1.54, 1.807) is 17.5 Å². The van der Waals surface area contributed by atoms with E-state index in [-0.39, 0.29) is 37.3 Å². The fourth-order valence-corrected chi connectivity index (χ4v) is 2.18. The monoisotopic (exact) mass is 329 g/mol. The van der Waals surface area contributed by atoms with Gasteiger partial charge in [0.1, 0.15) is 11.0 Å². The van der Waals surface area contributed by atoms with Crippen molar-refractivity contribution in [1.29, 1.82) is 0 Å². The highest BCUT2D eigenvalue weighted by Crippen LogP contribution is 2.24. The lowest BCUT2D eigenvalue weighted by Crippen LogP contribution is -2.50. The number of thiazole rings is 1. The highest BCUT2D eigenvalue weighted by Gasteiger charge is 2.28. The second-order valence-corrected chi connectivity index (χ2v) is 5.69. The minimum absolute atomic E-state index is 0. The summed E-state index contributed by atoms with van der Waals surface area (Å²) in [5.41, 5.74) is 5.15. The second-order valence-electron chi connectivity index (χ2n) is 4.45. The first-order valence-electron chi connectivity index (χ1n) is 5.36. The van der Waals surface area contributed by atoms with Crippen LogP contribution in [0.1, 0.15) is 23.7 Å². The summed E-state index contributed by atoms with van der Waals surface area (Å²) in [5, 5.41) is 3.74. The standard InChI is InChI=1S/C11H19N3O2S.2ClH/c1-7-5-13-10(17-7)11(2,3)14-9(15)8(12)6-16-4;;/h5,8H,6,12H2,1-4H3,(H,14,15);2*1H. The third-order valence-corrected chi connectivity index (χ3v) is 3.51. The van der Waals surface area contributed by atoms with E-state index in [1.165, 1.54) is 7.11 Å². The van der Waals surface area contributed by atoms with Crippen LogP contribution in [-0.2, 0) is 15.1 Å². The van der Waals surface area contributed by atoms with Crippen LogP contribution in [-0.4, -0.2) is 30.6 Å². The average Bonchev–Trinajstić information content (AvgIpc) is 2.65. The molecule has 0 saturated heterocycles. The number of nitrogens with zero attached hydrogens (tertiary/aromatic N) is 1. The fraction of sp³-hybridized carbons (Fsp3) is 0.636. The minimum atomic E-state index is -0.652. The van der Waals surface area contributed by atoms with E-state index in [4.69, 9.17) is 10.5 Å². The van der Waals surface area contributed by atoms with Gasteiger partial charge in [-0.05, 0) is 20.8 Å². The van der Waals surface area contributed by atoms with Crippen LogP contribution in [0.5, 0.6) is 0 Å². The van der Waals surface area contributed by atoms with Gasteiger partial charge in [0.2, 0.25) is 5.91 Å². The van der Waals surface area contributed by atoms with Crippen LogP contribution in [0.4, 0.5) is 0 Å². The van der Waals surface area contributed by atoms with Gasteiger partial charge in [-0.1, -0.05) is 0 Å². The second kappa shape index (κ2) is 8.71. The summed E-state index contributed by atoms with van der Waals surface area (Å²) < 4.78 is 4.85. The lowest BCUT2D eigenvalue weighted by atomic mass is 10.1. The molecule has 0 aliphatic rings. The molecule has 0 radical (unpaired) electrons. The lowest BCUT2D eigenvalue weighted by Gasteiger charge is -2.25. The number of ether oxygens (including phenoxy) is 1. The van der Waals surface area contributed by atoms with Gasteiger partial charge in [-0.2, -0.15) is 0 Å². The minimum Gasteiger partial charge on any atom is -0.383 e. The SMILES string of the molecule is COCC(N)C(=O)NC(C)(C)c1ncc(C)s1.Cl.Cl. The molecule has 19 heavy (non-hydrogen) atoms. The quantitative estimate of drug-likeness (QED) is 0.860. The molecule has 5 nitrogen and oxygen atoms in total. The Bertz CT molecular complexity index is 399. The van der Waals surface area contributed by atoms with Crippen molar-refractivity contribution >= 4 is 42.1 Å². The van der Waals surface area contributed by atoms with Crippen molar-refractivity contribution < 1.29 is 9.53 Å². The molecule has 0 fully saturated rings. The zero-order chi connectivity index (χ0) is 13.1. The lowest BCUT2D eigenvalue weighted by molar-refractivity contribution is -0.125. The van der Waals surface area contributed by atoms with E-state index in [2.05, 4.69) is 10.3 Å². The Balaban J connectivity index is 0. The first kappa shape index (κ1) is 20.9. The Morgan fingerprint density at radius 1 is 1.58 bits per heavy atom. The molecular weight excluding hydrogens is 309 g/mol. The molecule has 1 aromatic heterocycles. The molecule has 1 heterocycles. The normalized spacial score (nSPS) is 12.1. The zero-order valence-corrected chi connectivity index (χ0v) is 13.9. The number of aromatic nitrogens is 1. The maximum Gasteiger partial charge on any atom is 0.240 e. The summed E-state index contributed by atoms with van der Waals surface area (Å²) in [6, 6.07) is -0.652. The number of halogens is 2. The van der Waals surface area contributed by atoms with Crippen molar-refractivity contribution in [1.82, 2.24) is 10.3 Å². The Morgan fingerprint density at radius 3 is 2.58 bits per heavy atom. The number of aryl methyl sites for hydroxylation is 1. The van der Waals surface area contributed by atoms with Crippen LogP contribution in [0.3, 0.4) is 0 Å². The van der Waals surface area contributed by atoms with Gasteiger partial charge in [0, 0.05) is 18.2 Å². The highest BCUT2D eigenvalue weighted by molar-refractivity contribution is 7.11. The maximum absolute atomic E-state index is 11.8. The van der Waals surface area contributed by atoms with Crippen molar-refractivity contribution in [2.45, 2.75) is 32.4 Å². The summed E-state index contributed by atoms with van der Waals surface area (Å²) in [5.74, 6) is -0.232. The Labute approximate surface area is 130 Å². The van der Waals surface area contributed by atoms with Gasteiger partial charge >= 0.3 is 0 Å². The molecule has 3 N–H and O–H groups in total. The predicted octanol–water partition coefficient (Wildman–Crippen LogP) is 1.62. The van der Waals surface area contributed by atoms with Crippen molar-refractivity contribution in [2.24, 2.45) is 5.73 Å². The van der Waals surface area contributed by atoms with E-state index >= 15 is 0 Å². The topological polar surface area (TPSA) is 77.2 Å². The third kappa shape index (κ3) is 6.05. The number of hydrogen-bond acceptors (Lipinski definition) is 5. The smallest absolute Gasteiger partial charge is 0.240 e. The number of rotatable bonds is 5. The van der Waals surface area contributed by atoms with Gasteiger partial charge in [0.25, 0.3) is 0 Å². The Hall–Kier alpha value is -0.400. The van der Waals surface area contributed by atoms with Gasteiger partial charge in [0.15, 0.2) is 0 Å². The van der Waals surface area contributed by atoms with E-state index in [9.17, 15) is 4.79 Å². The molecule has 0 aliphatic heterocycles. The number of carbonyl (C=O) groups excluding carboxylic acids is 1. The van der Waals surface area contributed by atoms with Crippen molar-refractivity contribution in [3.05, 3.63) is 16.1 Å². The number of amides is 1. The van der Waals surface area contributed by atoms with Crippen LogP contribution in [0, 0.1) is 6.92 Å². The maximum atomic E-state index is 11.8. The summed E-state index contributed by atoms with van der Waals surface area (Å²) >= 11 is 1.56. The number of hydrogen-bond donors (Lipinski definition) is 2.